The van der Waals surface area contributed by atoms with Crippen LogP contribution in [0.3, 0.4) is 0 Å². The predicted octanol–water partition coefficient (Wildman–Crippen LogP) is 1.13. The highest BCUT2D eigenvalue weighted by Crippen LogP contribution is 2.39. The third-order valence-electron chi connectivity index (χ3n) is 3.13. The normalized spacial score (nSPS) is 44.1. The third kappa shape index (κ3) is 1.20. The van der Waals surface area contributed by atoms with Gasteiger partial charge in [-0.15, -0.1) is 0 Å². The van der Waals surface area contributed by atoms with Crippen molar-refractivity contribution in [3.63, 3.8) is 0 Å². The van der Waals surface area contributed by atoms with Gasteiger partial charge in [-0.1, -0.05) is 0 Å². The molecule has 0 heterocycles. The number of carbonyl (C=O) groups excluding carboxylic acids is 1. The Morgan fingerprint density at radius 3 is 2.91 bits per heavy atom. The van der Waals surface area contributed by atoms with Crippen LogP contribution in [-0.4, -0.2) is 17.0 Å². The molecule has 3 atom stereocenters. The zero-order valence-corrected chi connectivity index (χ0v) is 6.62. The molecule has 2 heteroatoms. The Morgan fingerprint density at radius 2 is 2.09 bits per heavy atom. The molecule has 0 aromatic heterocycles. The molecule has 0 amide bonds. The largest absolute Gasteiger partial charge is 0.393 e. The lowest BCUT2D eigenvalue weighted by Gasteiger charge is -2.27. The highest BCUT2D eigenvalue weighted by molar-refractivity contribution is 5.83. The van der Waals surface area contributed by atoms with Crippen molar-refractivity contribution in [1.82, 2.24) is 0 Å². The van der Waals surface area contributed by atoms with Crippen LogP contribution in [0.25, 0.3) is 0 Å². The number of aliphatic hydroxyl groups is 1. The molecule has 2 nitrogen and oxygen atoms in total. The van der Waals surface area contributed by atoms with Crippen LogP contribution in [0.4, 0.5) is 0 Å². The van der Waals surface area contributed by atoms with Crippen LogP contribution < -0.4 is 0 Å². The molecule has 62 valence electrons. The fraction of sp³-hybridized carbons (Fsp3) is 0.889. The van der Waals surface area contributed by atoms with E-state index in [1.807, 2.05) is 0 Å². The molecule has 2 aliphatic rings. The van der Waals surface area contributed by atoms with Crippen LogP contribution in [0.1, 0.15) is 32.1 Å². The van der Waals surface area contributed by atoms with Crippen molar-refractivity contribution in [3.05, 3.63) is 0 Å². The molecule has 0 unspecified atom stereocenters. The van der Waals surface area contributed by atoms with Gasteiger partial charge in [0.2, 0.25) is 0 Å². The van der Waals surface area contributed by atoms with Gasteiger partial charge in [0.1, 0.15) is 5.78 Å². The summed E-state index contributed by atoms with van der Waals surface area (Å²) in [7, 11) is 0. The Kier molecular flexibility index (Phi) is 1.72. The van der Waals surface area contributed by atoms with Crippen LogP contribution in [0.15, 0.2) is 0 Å². The summed E-state index contributed by atoms with van der Waals surface area (Å²) in [5, 5.41) is 9.33. The minimum absolute atomic E-state index is 0.123. The molecule has 11 heavy (non-hydrogen) atoms. The Balaban J connectivity index is 2.06. The minimum Gasteiger partial charge on any atom is -0.393 e. The second kappa shape index (κ2) is 2.59. The topological polar surface area (TPSA) is 37.3 Å². The molecule has 0 aromatic carbocycles. The van der Waals surface area contributed by atoms with Crippen molar-refractivity contribution < 1.29 is 9.90 Å². The molecular formula is C9H14O2. The standard InChI is InChI=1S/C9H14O2/c10-7-2-3-8-6(5-7)1-4-9(8)11/h6-8,10H,1-5H2/t6-,7+,8+/m1/s1. The van der Waals surface area contributed by atoms with Crippen LogP contribution in [0, 0.1) is 11.8 Å². The molecule has 2 fully saturated rings. The van der Waals surface area contributed by atoms with Crippen LogP contribution in [-0.2, 0) is 4.79 Å². The summed E-state index contributed by atoms with van der Waals surface area (Å²) in [6, 6.07) is 0. The van der Waals surface area contributed by atoms with Crippen molar-refractivity contribution in [2.75, 3.05) is 0 Å². The fourth-order valence-corrected chi connectivity index (χ4v) is 2.50. The predicted molar refractivity (Wildman–Crippen MR) is 41.1 cm³/mol. The van der Waals surface area contributed by atoms with E-state index in [2.05, 4.69) is 0 Å². The minimum atomic E-state index is -0.123. The van der Waals surface area contributed by atoms with Gasteiger partial charge in [-0.05, 0) is 31.6 Å². The van der Waals surface area contributed by atoms with Gasteiger partial charge in [-0.25, -0.2) is 0 Å². The van der Waals surface area contributed by atoms with Gasteiger partial charge in [0.05, 0.1) is 6.10 Å². The van der Waals surface area contributed by atoms with Crippen molar-refractivity contribution >= 4 is 5.78 Å². The average molecular weight is 154 g/mol. The molecule has 0 spiro atoms. The first-order valence-corrected chi connectivity index (χ1v) is 4.48. The van der Waals surface area contributed by atoms with E-state index >= 15 is 0 Å². The van der Waals surface area contributed by atoms with E-state index in [-0.39, 0.29) is 6.10 Å². The van der Waals surface area contributed by atoms with Gasteiger partial charge < -0.3 is 5.11 Å². The van der Waals surface area contributed by atoms with Crippen molar-refractivity contribution in [2.45, 2.75) is 38.2 Å². The lowest BCUT2D eigenvalue weighted by atomic mass is 9.80. The Morgan fingerprint density at radius 1 is 1.27 bits per heavy atom. The number of Topliss-reactive ketones (excluding diaryl/α,β-unsaturated/α-hetero) is 1. The Hall–Kier alpha value is -0.370. The zero-order valence-electron chi connectivity index (χ0n) is 6.62. The maximum atomic E-state index is 11.2. The first-order valence-electron chi connectivity index (χ1n) is 4.48. The number of hydrogen-bond donors (Lipinski definition) is 1. The molecule has 2 aliphatic carbocycles. The first kappa shape index (κ1) is 7.29. The quantitative estimate of drug-likeness (QED) is 0.568. The summed E-state index contributed by atoms with van der Waals surface area (Å²) in [6.45, 7) is 0. The second-order valence-electron chi connectivity index (χ2n) is 3.84. The van der Waals surface area contributed by atoms with E-state index in [4.69, 9.17) is 0 Å². The number of hydrogen-bond acceptors (Lipinski definition) is 2. The molecule has 2 rings (SSSR count). The maximum absolute atomic E-state index is 11.2. The molecule has 2 saturated carbocycles. The van der Waals surface area contributed by atoms with E-state index in [9.17, 15) is 9.90 Å². The van der Waals surface area contributed by atoms with Crippen LogP contribution >= 0.6 is 0 Å². The smallest absolute Gasteiger partial charge is 0.136 e. The van der Waals surface area contributed by atoms with Gasteiger partial charge in [0, 0.05) is 12.3 Å². The lowest BCUT2D eigenvalue weighted by molar-refractivity contribution is -0.122. The highest BCUT2D eigenvalue weighted by Gasteiger charge is 2.38. The van der Waals surface area contributed by atoms with Gasteiger partial charge >= 0.3 is 0 Å². The van der Waals surface area contributed by atoms with E-state index < -0.39 is 0 Å². The number of aliphatic hydroxyl groups excluding tert-OH is 1. The third-order valence-corrected chi connectivity index (χ3v) is 3.13. The van der Waals surface area contributed by atoms with Crippen LogP contribution in [0.2, 0.25) is 0 Å². The molecule has 0 aliphatic heterocycles. The summed E-state index contributed by atoms with van der Waals surface area (Å²) in [5.41, 5.74) is 0. The van der Waals surface area contributed by atoms with E-state index in [0.717, 1.165) is 32.1 Å². The van der Waals surface area contributed by atoms with E-state index in [0.29, 0.717) is 17.6 Å². The number of rotatable bonds is 0. The molecule has 1 N–H and O–H groups in total. The van der Waals surface area contributed by atoms with Gasteiger partial charge in [-0.3, -0.25) is 4.79 Å². The molecule has 0 bridgehead atoms. The number of fused-ring (bicyclic) bond motifs is 1. The first-order chi connectivity index (χ1) is 5.27. The van der Waals surface area contributed by atoms with Crippen molar-refractivity contribution in [1.29, 1.82) is 0 Å². The zero-order chi connectivity index (χ0) is 7.84. The molecule has 0 aromatic rings. The second-order valence-corrected chi connectivity index (χ2v) is 3.84. The molecule has 0 saturated heterocycles. The number of carbonyl (C=O) groups is 1. The maximum Gasteiger partial charge on any atom is 0.136 e. The Bertz CT molecular complexity index is 176. The summed E-state index contributed by atoms with van der Waals surface area (Å²) >= 11 is 0. The number of ketones is 1. The van der Waals surface area contributed by atoms with Crippen molar-refractivity contribution in [3.8, 4) is 0 Å². The van der Waals surface area contributed by atoms with Crippen molar-refractivity contribution in [2.24, 2.45) is 11.8 Å². The summed E-state index contributed by atoms with van der Waals surface area (Å²) in [5.74, 6) is 1.28. The van der Waals surface area contributed by atoms with Gasteiger partial charge in [0.15, 0.2) is 0 Å². The monoisotopic (exact) mass is 154 g/mol. The van der Waals surface area contributed by atoms with E-state index in [1.54, 1.807) is 0 Å². The van der Waals surface area contributed by atoms with Crippen LogP contribution in [0.5, 0.6) is 0 Å². The Labute approximate surface area is 66.6 Å². The summed E-state index contributed by atoms with van der Waals surface area (Å²) < 4.78 is 0. The summed E-state index contributed by atoms with van der Waals surface area (Å²) in [6.07, 6.45) is 4.32. The van der Waals surface area contributed by atoms with Gasteiger partial charge in [0.25, 0.3) is 0 Å². The highest BCUT2D eigenvalue weighted by atomic mass is 16.3. The molecular weight excluding hydrogens is 140 g/mol. The SMILES string of the molecule is O=C1CC[C@@H]2C[C@@H](O)CC[C@H]12. The summed E-state index contributed by atoms with van der Waals surface area (Å²) in [4.78, 5) is 11.2. The lowest BCUT2D eigenvalue weighted by Crippen LogP contribution is -2.26. The fourth-order valence-electron chi connectivity index (χ4n) is 2.50. The van der Waals surface area contributed by atoms with Gasteiger partial charge in [-0.2, -0.15) is 0 Å². The average Bonchev–Trinajstić information content (AvgIpc) is 2.32. The van der Waals surface area contributed by atoms with E-state index in [1.165, 1.54) is 0 Å². The molecule has 0 radical (unpaired) electrons.